The quantitative estimate of drug-likeness (QED) is 0.324. The first-order chi connectivity index (χ1) is 12.4. The Morgan fingerprint density at radius 3 is 2.50 bits per heavy atom. The molecule has 1 heterocycles. The minimum absolute atomic E-state index is 0.0115. The van der Waals surface area contributed by atoms with E-state index in [1.165, 1.54) is 31.3 Å². The molecule has 0 saturated carbocycles. The molecule has 152 valence electrons. The van der Waals surface area contributed by atoms with E-state index in [1.807, 2.05) is 0 Å². The molecule has 0 aliphatic carbocycles. The van der Waals surface area contributed by atoms with Crippen LogP contribution >= 0.6 is 0 Å². The smallest absolute Gasteiger partial charge is 0.306 e. The van der Waals surface area contributed by atoms with Crippen LogP contribution in [0.4, 0.5) is 0 Å². The Bertz CT molecular complexity index is 445. The first kappa shape index (κ1) is 23.2. The van der Waals surface area contributed by atoms with E-state index < -0.39 is 11.6 Å². The van der Waals surface area contributed by atoms with Gasteiger partial charge in [0, 0.05) is 0 Å². The summed E-state index contributed by atoms with van der Waals surface area (Å²) >= 11 is 0. The fourth-order valence-corrected chi connectivity index (χ4v) is 4.01. The molecular weight excluding hydrogens is 328 g/mol. The highest BCUT2D eigenvalue weighted by atomic mass is 17.2. The third-order valence-electron chi connectivity index (χ3n) is 5.99. The van der Waals surface area contributed by atoms with Crippen LogP contribution in [0.15, 0.2) is 11.6 Å². The summed E-state index contributed by atoms with van der Waals surface area (Å²) in [5.74, 6) is 0.130. The number of rotatable bonds is 12. The molecule has 1 N–H and O–H groups in total. The third-order valence-corrected chi connectivity index (χ3v) is 5.99. The number of unbranched alkanes of at least 4 members (excludes halogenated alkanes) is 1. The Hall–Kier alpha value is -0.870. The first-order valence-electron chi connectivity index (χ1n) is 10.7. The molecule has 0 aromatic heterocycles. The largest absolute Gasteiger partial charge is 0.481 e. The van der Waals surface area contributed by atoms with Gasteiger partial charge in [-0.05, 0) is 37.5 Å². The topological polar surface area (TPSA) is 55.8 Å². The van der Waals surface area contributed by atoms with Crippen LogP contribution in [0.2, 0.25) is 0 Å². The van der Waals surface area contributed by atoms with Crippen molar-refractivity contribution >= 4 is 5.97 Å². The van der Waals surface area contributed by atoms with Crippen LogP contribution in [0.5, 0.6) is 0 Å². The van der Waals surface area contributed by atoms with Gasteiger partial charge in [0.25, 0.3) is 0 Å². The molecular formula is C22H40O4. The van der Waals surface area contributed by atoms with E-state index in [0.717, 1.165) is 38.0 Å². The Morgan fingerprint density at radius 1 is 1.27 bits per heavy atom. The van der Waals surface area contributed by atoms with Gasteiger partial charge >= 0.3 is 5.97 Å². The van der Waals surface area contributed by atoms with E-state index in [0.29, 0.717) is 0 Å². The van der Waals surface area contributed by atoms with Crippen LogP contribution in [-0.2, 0) is 14.6 Å². The predicted molar refractivity (Wildman–Crippen MR) is 106 cm³/mol. The van der Waals surface area contributed by atoms with Gasteiger partial charge in [-0.1, -0.05) is 78.4 Å². The zero-order valence-corrected chi connectivity index (χ0v) is 17.6. The first-order valence-corrected chi connectivity index (χ1v) is 10.7. The highest BCUT2D eigenvalue weighted by molar-refractivity contribution is 5.67. The second-order valence-corrected chi connectivity index (χ2v) is 7.88. The minimum Gasteiger partial charge on any atom is -0.481 e. The van der Waals surface area contributed by atoms with Gasteiger partial charge in [-0.3, -0.25) is 4.79 Å². The van der Waals surface area contributed by atoms with Gasteiger partial charge in [0.05, 0.1) is 6.42 Å². The number of aliphatic carboxylic acids is 1. The Morgan fingerprint density at radius 2 is 2.00 bits per heavy atom. The SMILES string of the molecule is CCCC[C@H](CC)C/C(=C/[C@]1(CC)C[C@@H](CC)[C@@H](CC(=O)O)OO1)CC. The highest BCUT2D eigenvalue weighted by Gasteiger charge is 2.41. The summed E-state index contributed by atoms with van der Waals surface area (Å²) in [6, 6.07) is 0. The minimum atomic E-state index is -0.826. The number of hydrogen-bond acceptors (Lipinski definition) is 3. The van der Waals surface area contributed by atoms with E-state index in [1.54, 1.807) is 0 Å². The highest BCUT2D eigenvalue weighted by Crippen LogP contribution is 2.39. The summed E-state index contributed by atoms with van der Waals surface area (Å²) in [6.45, 7) is 11.0. The Labute approximate surface area is 160 Å². The van der Waals surface area contributed by atoms with Gasteiger partial charge < -0.3 is 5.11 Å². The molecule has 4 nitrogen and oxygen atoms in total. The van der Waals surface area contributed by atoms with Gasteiger partial charge in [0.2, 0.25) is 0 Å². The molecule has 0 aromatic rings. The van der Waals surface area contributed by atoms with Gasteiger partial charge in [0.15, 0.2) is 0 Å². The molecule has 0 unspecified atom stereocenters. The van der Waals surface area contributed by atoms with E-state index in [2.05, 4.69) is 40.7 Å². The van der Waals surface area contributed by atoms with Crippen LogP contribution in [0.25, 0.3) is 0 Å². The molecule has 26 heavy (non-hydrogen) atoms. The summed E-state index contributed by atoms with van der Waals surface area (Å²) in [7, 11) is 0. The molecule has 0 spiro atoms. The normalized spacial score (nSPS) is 28.1. The molecule has 0 aromatic carbocycles. The second kappa shape index (κ2) is 11.8. The molecule has 1 rings (SSSR count). The Balaban J connectivity index is 2.89. The molecule has 4 atom stereocenters. The van der Waals surface area contributed by atoms with Crippen molar-refractivity contribution in [2.24, 2.45) is 11.8 Å². The van der Waals surface area contributed by atoms with Crippen molar-refractivity contribution in [3.05, 3.63) is 11.6 Å². The number of carboxylic acid groups (broad SMARTS) is 1. The number of carbonyl (C=O) groups is 1. The van der Waals surface area contributed by atoms with Crippen LogP contribution < -0.4 is 0 Å². The standard InChI is InChI=1S/C22H40O4/c1-6-11-12-17(7-2)13-18(8-3)15-22(10-5)16-19(9-4)20(25-26-22)14-21(23)24/h15,17,19-20H,6-14,16H2,1-5H3,(H,23,24)/b18-15+/t17-,19+,20+,22+/m0/s1. The maximum Gasteiger partial charge on any atom is 0.306 e. The average molecular weight is 369 g/mol. The van der Waals surface area contributed by atoms with Crippen LogP contribution in [0.3, 0.4) is 0 Å². The lowest BCUT2D eigenvalue weighted by molar-refractivity contribution is -0.409. The Kier molecular flexibility index (Phi) is 10.5. The molecule has 1 fully saturated rings. The van der Waals surface area contributed by atoms with Crippen molar-refractivity contribution in [1.82, 2.24) is 0 Å². The van der Waals surface area contributed by atoms with E-state index in [-0.39, 0.29) is 18.4 Å². The van der Waals surface area contributed by atoms with Gasteiger partial charge in [0.1, 0.15) is 11.7 Å². The van der Waals surface area contributed by atoms with Crippen LogP contribution in [-0.4, -0.2) is 22.8 Å². The maximum atomic E-state index is 11.1. The lowest BCUT2D eigenvalue weighted by Gasteiger charge is -2.41. The third kappa shape index (κ3) is 7.03. The zero-order chi connectivity index (χ0) is 19.6. The average Bonchev–Trinajstić information content (AvgIpc) is 2.65. The van der Waals surface area contributed by atoms with Crippen LogP contribution in [0.1, 0.15) is 98.8 Å². The summed E-state index contributed by atoms with van der Waals surface area (Å²) in [5.41, 5.74) is 1.04. The van der Waals surface area contributed by atoms with Crippen molar-refractivity contribution in [3.63, 3.8) is 0 Å². The molecule has 1 aliphatic heterocycles. The fourth-order valence-electron chi connectivity index (χ4n) is 4.01. The molecule has 1 saturated heterocycles. The molecule has 1 aliphatic rings. The van der Waals surface area contributed by atoms with Crippen molar-refractivity contribution < 1.29 is 19.7 Å². The van der Waals surface area contributed by atoms with Crippen LogP contribution in [0, 0.1) is 11.8 Å². The zero-order valence-electron chi connectivity index (χ0n) is 17.6. The lowest BCUT2D eigenvalue weighted by Crippen LogP contribution is -2.44. The molecule has 0 amide bonds. The number of carboxylic acids is 1. The number of allylic oxidation sites excluding steroid dienone is 1. The van der Waals surface area contributed by atoms with Crippen molar-refractivity contribution in [2.75, 3.05) is 0 Å². The maximum absolute atomic E-state index is 11.1. The van der Waals surface area contributed by atoms with E-state index in [4.69, 9.17) is 14.9 Å². The van der Waals surface area contributed by atoms with Gasteiger partial charge in [-0.15, -0.1) is 0 Å². The number of hydrogen-bond donors (Lipinski definition) is 1. The predicted octanol–water partition coefficient (Wildman–Crippen LogP) is 6.30. The summed E-state index contributed by atoms with van der Waals surface area (Å²) in [4.78, 5) is 22.5. The van der Waals surface area contributed by atoms with Crippen molar-refractivity contribution in [2.45, 2.75) is 111 Å². The second-order valence-electron chi connectivity index (χ2n) is 7.88. The van der Waals surface area contributed by atoms with Crippen molar-refractivity contribution in [1.29, 1.82) is 0 Å². The van der Waals surface area contributed by atoms with Gasteiger partial charge in [-0.2, -0.15) is 0 Å². The lowest BCUT2D eigenvalue weighted by atomic mass is 9.79. The van der Waals surface area contributed by atoms with E-state index >= 15 is 0 Å². The van der Waals surface area contributed by atoms with Gasteiger partial charge in [-0.25, -0.2) is 9.78 Å². The summed E-state index contributed by atoms with van der Waals surface area (Å²) in [5, 5.41) is 9.10. The summed E-state index contributed by atoms with van der Waals surface area (Å²) in [6.07, 6.45) is 11.8. The molecule has 0 radical (unpaired) electrons. The van der Waals surface area contributed by atoms with E-state index in [9.17, 15) is 4.79 Å². The summed E-state index contributed by atoms with van der Waals surface area (Å²) < 4.78 is 0. The fraction of sp³-hybridized carbons (Fsp3) is 0.864. The molecule has 4 heteroatoms. The molecule has 0 bridgehead atoms. The monoisotopic (exact) mass is 368 g/mol. The van der Waals surface area contributed by atoms with Crippen molar-refractivity contribution in [3.8, 4) is 0 Å².